The van der Waals surface area contributed by atoms with Gasteiger partial charge in [-0.2, -0.15) is 0 Å². The van der Waals surface area contributed by atoms with Gasteiger partial charge in [-0.15, -0.1) is 0 Å². The van der Waals surface area contributed by atoms with Crippen molar-refractivity contribution in [3.63, 3.8) is 0 Å². The largest absolute Gasteiger partial charge is 0.494 e. The van der Waals surface area contributed by atoms with Crippen molar-refractivity contribution in [2.75, 3.05) is 20.2 Å². The second kappa shape index (κ2) is 6.72. The summed E-state index contributed by atoms with van der Waals surface area (Å²) in [5, 5.41) is 3.25. The molecule has 0 spiro atoms. The van der Waals surface area contributed by atoms with E-state index in [1.165, 1.54) is 19.2 Å². The lowest BCUT2D eigenvalue weighted by molar-refractivity contribution is 0.320. The van der Waals surface area contributed by atoms with Crippen LogP contribution in [0.15, 0.2) is 23.1 Å². The first-order valence-electron chi connectivity index (χ1n) is 7.00. The van der Waals surface area contributed by atoms with Gasteiger partial charge in [0.1, 0.15) is 0 Å². The summed E-state index contributed by atoms with van der Waals surface area (Å²) in [6.45, 7) is 3.61. The van der Waals surface area contributed by atoms with E-state index in [1.54, 1.807) is 0 Å². The highest BCUT2D eigenvalue weighted by Crippen LogP contribution is 2.22. The Morgan fingerprint density at radius 3 is 2.81 bits per heavy atom. The Balaban J connectivity index is 2.12. The Kier molecular flexibility index (Phi) is 5.18. The Hall–Kier alpha value is -1.18. The minimum absolute atomic E-state index is 0.0264. The molecular weight excluding hydrogens is 295 g/mol. The van der Waals surface area contributed by atoms with E-state index in [0.717, 1.165) is 32.0 Å². The van der Waals surface area contributed by atoms with Crippen molar-refractivity contribution in [1.82, 2.24) is 10.0 Å². The lowest BCUT2D eigenvalue weighted by Gasteiger charge is -2.28. The lowest BCUT2D eigenvalue weighted by atomic mass is 9.94. The molecule has 0 saturated carbocycles. The number of piperidine rings is 1. The minimum atomic E-state index is -3.73. The maximum atomic E-state index is 13.6. The molecule has 21 heavy (non-hydrogen) atoms. The van der Waals surface area contributed by atoms with Crippen LogP contribution in [0.1, 0.15) is 19.8 Å². The second-order valence-corrected chi connectivity index (χ2v) is 7.03. The van der Waals surface area contributed by atoms with Gasteiger partial charge in [-0.25, -0.2) is 17.5 Å². The van der Waals surface area contributed by atoms with Crippen LogP contribution in [0.3, 0.4) is 0 Å². The summed E-state index contributed by atoms with van der Waals surface area (Å²) >= 11 is 0. The molecule has 5 nitrogen and oxygen atoms in total. The van der Waals surface area contributed by atoms with Gasteiger partial charge < -0.3 is 10.1 Å². The van der Waals surface area contributed by atoms with Crippen LogP contribution < -0.4 is 14.8 Å². The van der Waals surface area contributed by atoms with Crippen LogP contribution in [0.5, 0.6) is 5.75 Å². The Morgan fingerprint density at radius 1 is 1.48 bits per heavy atom. The van der Waals surface area contributed by atoms with E-state index in [1.807, 2.05) is 6.92 Å². The van der Waals surface area contributed by atoms with E-state index in [-0.39, 0.29) is 22.6 Å². The average molecular weight is 316 g/mol. The first kappa shape index (κ1) is 16.2. The SMILES string of the molecule is COc1ccc(S(=O)(=O)NC(C)C2CCCNC2)cc1F. The summed E-state index contributed by atoms with van der Waals surface area (Å²) in [4.78, 5) is -0.0866. The maximum absolute atomic E-state index is 13.6. The summed E-state index contributed by atoms with van der Waals surface area (Å²) in [5.74, 6) is -0.414. The number of rotatable bonds is 5. The zero-order valence-corrected chi connectivity index (χ0v) is 13.0. The highest BCUT2D eigenvalue weighted by molar-refractivity contribution is 7.89. The van der Waals surface area contributed by atoms with Crippen molar-refractivity contribution < 1.29 is 17.5 Å². The molecule has 1 aromatic rings. The number of hydrogen-bond acceptors (Lipinski definition) is 4. The van der Waals surface area contributed by atoms with Crippen LogP contribution in [0.25, 0.3) is 0 Å². The molecule has 1 aromatic carbocycles. The third-order valence-electron chi connectivity index (χ3n) is 3.82. The van der Waals surface area contributed by atoms with Gasteiger partial charge in [-0.1, -0.05) is 0 Å². The predicted molar refractivity (Wildman–Crippen MR) is 78.3 cm³/mol. The van der Waals surface area contributed by atoms with E-state index in [2.05, 4.69) is 10.0 Å². The quantitative estimate of drug-likeness (QED) is 0.864. The molecule has 1 aliphatic rings. The molecule has 0 aromatic heterocycles. The Labute approximate surface area is 124 Å². The van der Waals surface area contributed by atoms with Gasteiger partial charge in [0.05, 0.1) is 12.0 Å². The first-order valence-corrected chi connectivity index (χ1v) is 8.49. The molecule has 7 heteroatoms. The molecule has 1 saturated heterocycles. The van der Waals surface area contributed by atoms with Crippen molar-refractivity contribution >= 4 is 10.0 Å². The minimum Gasteiger partial charge on any atom is -0.494 e. The van der Waals surface area contributed by atoms with Gasteiger partial charge >= 0.3 is 0 Å². The zero-order valence-electron chi connectivity index (χ0n) is 12.2. The predicted octanol–water partition coefficient (Wildman–Crippen LogP) is 1.50. The second-order valence-electron chi connectivity index (χ2n) is 5.31. The third kappa shape index (κ3) is 3.93. The molecule has 0 radical (unpaired) electrons. The summed E-state index contributed by atoms with van der Waals surface area (Å²) in [5.41, 5.74) is 0. The number of halogens is 1. The molecule has 2 unspecified atom stereocenters. The Bertz CT molecular complexity index is 586. The molecule has 2 N–H and O–H groups in total. The number of hydrogen-bond donors (Lipinski definition) is 2. The third-order valence-corrected chi connectivity index (χ3v) is 5.37. The summed E-state index contributed by atoms with van der Waals surface area (Å²) < 4.78 is 45.7. The number of benzene rings is 1. The van der Waals surface area contributed by atoms with Crippen molar-refractivity contribution in [1.29, 1.82) is 0 Å². The number of ether oxygens (including phenoxy) is 1. The smallest absolute Gasteiger partial charge is 0.240 e. The van der Waals surface area contributed by atoms with Crippen LogP contribution in [0.4, 0.5) is 4.39 Å². The van der Waals surface area contributed by atoms with Crippen LogP contribution in [-0.4, -0.2) is 34.7 Å². The van der Waals surface area contributed by atoms with Gasteiger partial charge in [0.15, 0.2) is 11.6 Å². The number of methoxy groups -OCH3 is 1. The van der Waals surface area contributed by atoms with Crippen molar-refractivity contribution in [3.8, 4) is 5.75 Å². The average Bonchev–Trinajstić information content (AvgIpc) is 2.47. The highest BCUT2D eigenvalue weighted by Gasteiger charge is 2.25. The van der Waals surface area contributed by atoms with Crippen LogP contribution in [0, 0.1) is 11.7 Å². The van der Waals surface area contributed by atoms with Gasteiger partial charge in [0.25, 0.3) is 0 Å². The maximum Gasteiger partial charge on any atom is 0.240 e. The first-order chi connectivity index (χ1) is 9.94. The molecule has 1 fully saturated rings. The monoisotopic (exact) mass is 316 g/mol. The standard InChI is InChI=1S/C14H21FN2O3S/c1-10(11-4-3-7-16-9-11)17-21(18,19)12-5-6-14(20-2)13(15)8-12/h5-6,8,10-11,16-17H,3-4,7,9H2,1-2H3. The topological polar surface area (TPSA) is 67.4 Å². The van der Waals surface area contributed by atoms with E-state index < -0.39 is 15.8 Å². The summed E-state index contributed by atoms with van der Waals surface area (Å²) in [6, 6.07) is 3.44. The normalized spacial score (nSPS) is 21.0. The Morgan fingerprint density at radius 2 is 2.24 bits per heavy atom. The van der Waals surface area contributed by atoms with Gasteiger partial charge in [-0.05, 0) is 57.0 Å². The van der Waals surface area contributed by atoms with E-state index >= 15 is 0 Å². The molecular formula is C14H21FN2O3S. The molecule has 0 bridgehead atoms. The fourth-order valence-electron chi connectivity index (χ4n) is 2.53. The van der Waals surface area contributed by atoms with Crippen molar-refractivity contribution in [2.24, 2.45) is 5.92 Å². The van der Waals surface area contributed by atoms with Crippen LogP contribution >= 0.6 is 0 Å². The zero-order chi connectivity index (χ0) is 15.5. The van der Waals surface area contributed by atoms with Crippen LogP contribution in [-0.2, 0) is 10.0 Å². The summed E-state index contributed by atoms with van der Waals surface area (Å²) in [6.07, 6.45) is 2.02. The molecule has 2 rings (SSSR count). The molecule has 1 aliphatic heterocycles. The molecule has 2 atom stereocenters. The van der Waals surface area contributed by atoms with E-state index in [0.29, 0.717) is 0 Å². The van der Waals surface area contributed by atoms with Gasteiger partial charge in [-0.3, -0.25) is 0 Å². The molecule has 118 valence electrons. The summed E-state index contributed by atoms with van der Waals surface area (Å²) in [7, 11) is -2.39. The van der Waals surface area contributed by atoms with Crippen molar-refractivity contribution in [2.45, 2.75) is 30.7 Å². The number of sulfonamides is 1. The molecule has 0 aliphatic carbocycles. The van der Waals surface area contributed by atoms with Gasteiger partial charge in [0, 0.05) is 6.04 Å². The molecule has 0 amide bonds. The van der Waals surface area contributed by atoms with Crippen molar-refractivity contribution in [3.05, 3.63) is 24.0 Å². The van der Waals surface area contributed by atoms with Gasteiger partial charge in [0.2, 0.25) is 10.0 Å². The van der Waals surface area contributed by atoms with Crippen LogP contribution in [0.2, 0.25) is 0 Å². The lowest BCUT2D eigenvalue weighted by Crippen LogP contribution is -2.44. The fraction of sp³-hybridized carbons (Fsp3) is 0.571. The highest BCUT2D eigenvalue weighted by atomic mass is 32.2. The number of nitrogens with one attached hydrogen (secondary N) is 2. The van der Waals surface area contributed by atoms with E-state index in [9.17, 15) is 12.8 Å². The fourth-order valence-corrected chi connectivity index (χ4v) is 3.85. The van der Waals surface area contributed by atoms with E-state index in [4.69, 9.17) is 4.74 Å². The molecule has 1 heterocycles.